The molecule has 0 spiro atoms. The van der Waals surface area contributed by atoms with Crippen LogP contribution in [0.25, 0.3) is 0 Å². The highest BCUT2D eigenvalue weighted by Crippen LogP contribution is 2.28. The van der Waals surface area contributed by atoms with Gasteiger partial charge in [-0.3, -0.25) is 4.21 Å². The molecule has 0 saturated heterocycles. The molecule has 1 rings (SSSR count). The lowest BCUT2D eigenvalue weighted by Gasteiger charge is -2.16. The number of ether oxygens (including phenoxy) is 1. The summed E-state index contributed by atoms with van der Waals surface area (Å²) in [6.45, 7) is 1.84. The molecule has 0 aliphatic rings. The molecule has 0 fully saturated rings. The van der Waals surface area contributed by atoms with Crippen molar-refractivity contribution in [1.29, 1.82) is 0 Å². The summed E-state index contributed by atoms with van der Waals surface area (Å²) < 4.78 is 29.6. The summed E-state index contributed by atoms with van der Waals surface area (Å²) >= 11 is 0. The molecule has 0 radical (unpaired) electrons. The predicted molar refractivity (Wildman–Crippen MR) is 69.4 cm³/mol. The van der Waals surface area contributed by atoms with Crippen LogP contribution >= 0.6 is 0 Å². The van der Waals surface area contributed by atoms with Crippen LogP contribution in [0.1, 0.15) is 6.92 Å². The van der Waals surface area contributed by atoms with Crippen molar-refractivity contribution >= 4 is 22.2 Å². The van der Waals surface area contributed by atoms with Gasteiger partial charge in [0.2, 0.25) is 0 Å². The third-order valence-electron chi connectivity index (χ3n) is 2.21. The number of rotatable bonds is 5. The highest BCUT2D eigenvalue weighted by Gasteiger charge is 2.11. The van der Waals surface area contributed by atoms with Gasteiger partial charge < -0.3 is 15.8 Å². The first-order valence-electron chi connectivity index (χ1n) is 5.13. The molecule has 96 valence electrons. The van der Waals surface area contributed by atoms with Crippen LogP contribution in [0.2, 0.25) is 0 Å². The number of hydrogen-bond acceptors (Lipinski definition) is 4. The van der Waals surface area contributed by atoms with E-state index in [1.165, 1.54) is 19.2 Å². The van der Waals surface area contributed by atoms with E-state index in [4.69, 9.17) is 10.5 Å². The zero-order valence-electron chi connectivity index (χ0n) is 10.1. The van der Waals surface area contributed by atoms with E-state index < -0.39 is 16.6 Å². The van der Waals surface area contributed by atoms with Crippen LogP contribution in [0.4, 0.5) is 15.8 Å². The first-order chi connectivity index (χ1) is 7.93. The smallest absolute Gasteiger partial charge is 0.148 e. The Morgan fingerprint density at radius 2 is 2.24 bits per heavy atom. The van der Waals surface area contributed by atoms with Gasteiger partial charge in [0, 0.05) is 41.0 Å². The van der Waals surface area contributed by atoms with Crippen molar-refractivity contribution in [3.05, 3.63) is 17.9 Å². The molecular formula is C11H17FN2O2S. The van der Waals surface area contributed by atoms with Gasteiger partial charge in [0.1, 0.15) is 11.6 Å². The molecule has 1 aromatic rings. The van der Waals surface area contributed by atoms with E-state index >= 15 is 0 Å². The Hall–Kier alpha value is -1.30. The van der Waals surface area contributed by atoms with Gasteiger partial charge in [0.05, 0.1) is 18.5 Å². The van der Waals surface area contributed by atoms with Crippen LogP contribution in [0.15, 0.2) is 12.1 Å². The van der Waals surface area contributed by atoms with Crippen LogP contribution in [0.3, 0.4) is 0 Å². The fraction of sp³-hybridized carbons (Fsp3) is 0.455. The highest BCUT2D eigenvalue weighted by atomic mass is 32.2. The Morgan fingerprint density at radius 1 is 1.59 bits per heavy atom. The summed E-state index contributed by atoms with van der Waals surface area (Å²) in [5, 5.41) is 2.94. The van der Waals surface area contributed by atoms with Crippen molar-refractivity contribution in [2.45, 2.75) is 13.0 Å². The van der Waals surface area contributed by atoms with Crippen LogP contribution in [-0.2, 0) is 10.8 Å². The maximum atomic E-state index is 13.6. The van der Waals surface area contributed by atoms with Crippen LogP contribution in [0.5, 0.6) is 5.75 Å². The Morgan fingerprint density at radius 3 is 2.76 bits per heavy atom. The van der Waals surface area contributed by atoms with Gasteiger partial charge in [-0.1, -0.05) is 0 Å². The third-order valence-corrected chi connectivity index (χ3v) is 3.18. The van der Waals surface area contributed by atoms with E-state index in [0.29, 0.717) is 17.2 Å². The number of nitrogen functional groups attached to an aromatic ring is 1. The first kappa shape index (κ1) is 13.8. The molecule has 6 heteroatoms. The lowest BCUT2D eigenvalue weighted by Crippen LogP contribution is -2.22. The molecule has 2 atom stereocenters. The van der Waals surface area contributed by atoms with Gasteiger partial charge in [-0.15, -0.1) is 0 Å². The molecule has 0 amide bonds. The highest BCUT2D eigenvalue weighted by molar-refractivity contribution is 7.84. The SMILES string of the molecule is COc1cc(NC(C)CS(C)=O)c(F)cc1N. The van der Waals surface area contributed by atoms with Crippen molar-refractivity contribution < 1.29 is 13.3 Å². The molecular weight excluding hydrogens is 243 g/mol. The number of halogens is 1. The number of benzene rings is 1. The topological polar surface area (TPSA) is 64.3 Å². The van der Waals surface area contributed by atoms with Crippen LogP contribution in [0, 0.1) is 5.82 Å². The fourth-order valence-electron chi connectivity index (χ4n) is 1.52. The van der Waals surface area contributed by atoms with Gasteiger partial charge in [-0.05, 0) is 6.92 Å². The summed E-state index contributed by atoms with van der Waals surface area (Å²) in [5.41, 5.74) is 6.12. The second kappa shape index (κ2) is 5.86. The van der Waals surface area contributed by atoms with Crippen molar-refractivity contribution in [2.24, 2.45) is 0 Å². The van der Waals surface area contributed by atoms with Crippen molar-refractivity contribution in [1.82, 2.24) is 0 Å². The van der Waals surface area contributed by atoms with E-state index in [1.54, 1.807) is 6.26 Å². The quantitative estimate of drug-likeness (QED) is 0.789. The Bertz CT molecular complexity index is 426. The third kappa shape index (κ3) is 3.89. The monoisotopic (exact) mass is 260 g/mol. The molecule has 0 aliphatic carbocycles. The number of anilines is 2. The average molecular weight is 260 g/mol. The zero-order valence-corrected chi connectivity index (χ0v) is 10.9. The molecule has 0 saturated carbocycles. The summed E-state index contributed by atoms with van der Waals surface area (Å²) in [6.07, 6.45) is 1.61. The Balaban J connectivity index is 2.87. The van der Waals surface area contributed by atoms with Gasteiger partial charge in [-0.2, -0.15) is 0 Å². The van der Waals surface area contributed by atoms with Crippen molar-refractivity contribution in [2.75, 3.05) is 30.2 Å². The molecule has 0 aromatic heterocycles. The van der Waals surface area contributed by atoms with E-state index in [2.05, 4.69) is 5.32 Å². The minimum absolute atomic E-state index is 0.0938. The number of nitrogens with two attached hydrogens (primary N) is 1. The van der Waals surface area contributed by atoms with Crippen molar-refractivity contribution in [3.8, 4) is 5.75 Å². The lowest BCUT2D eigenvalue weighted by molar-refractivity contribution is 0.416. The summed E-state index contributed by atoms with van der Waals surface area (Å²) in [7, 11) is 0.542. The van der Waals surface area contributed by atoms with Gasteiger partial charge >= 0.3 is 0 Å². The normalized spacial score (nSPS) is 14.1. The maximum absolute atomic E-state index is 13.6. The average Bonchev–Trinajstić information content (AvgIpc) is 2.20. The van der Waals surface area contributed by atoms with Gasteiger partial charge in [0.25, 0.3) is 0 Å². The largest absolute Gasteiger partial charge is 0.495 e. The van der Waals surface area contributed by atoms with Crippen LogP contribution in [-0.4, -0.2) is 29.4 Å². The number of methoxy groups -OCH3 is 1. The summed E-state index contributed by atoms with van der Waals surface area (Å²) in [4.78, 5) is 0. The second-order valence-electron chi connectivity index (χ2n) is 3.86. The lowest BCUT2D eigenvalue weighted by atomic mass is 10.2. The predicted octanol–water partition coefficient (Wildman–Crippen LogP) is 1.60. The fourth-order valence-corrected chi connectivity index (χ4v) is 2.30. The summed E-state index contributed by atoms with van der Waals surface area (Å²) in [5.74, 6) is 0.419. The van der Waals surface area contributed by atoms with E-state index in [-0.39, 0.29) is 11.7 Å². The van der Waals surface area contributed by atoms with Gasteiger partial charge in [-0.25, -0.2) is 4.39 Å². The zero-order chi connectivity index (χ0) is 13.0. The summed E-state index contributed by atoms with van der Waals surface area (Å²) in [6, 6.07) is 2.61. The van der Waals surface area contributed by atoms with E-state index in [9.17, 15) is 8.60 Å². The standard InChI is InChI=1S/C11H17FN2O2S/c1-7(6-17(3)15)14-10-5-11(16-2)9(13)4-8(10)12/h4-5,7,14H,6,13H2,1-3H3. The molecule has 3 N–H and O–H groups in total. The minimum Gasteiger partial charge on any atom is -0.495 e. The maximum Gasteiger partial charge on any atom is 0.148 e. The Kier molecular flexibility index (Phi) is 4.74. The molecule has 0 heterocycles. The molecule has 2 unspecified atom stereocenters. The van der Waals surface area contributed by atoms with Crippen LogP contribution < -0.4 is 15.8 Å². The van der Waals surface area contributed by atoms with E-state index in [0.717, 1.165) is 0 Å². The number of hydrogen-bond donors (Lipinski definition) is 2. The molecule has 0 bridgehead atoms. The second-order valence-corrected chi connectivity index (χ2v) is 5.34. The minimum atomic E-state index is -0.928. The molecule has 17 heavy (non-hydrogen) atoms. The van der Waals surface area contributed by atoms with Gasteiger partial charge in [0.15, 0.2) is 0 Å². The number of nitrogens with one attached hydrogen (secondary N) is 1. The van der Waals surface area contributed by atoms with Crippen molar-refractivity contribution in [3.63, 3.8) is 0 Å². The van der Waals surface area contributed by atoms with E-state index in [1.807, 2.05) is 6.92 Å². The molecule has 0 aliphatic heterocycles. The Labute approximate surface area is 103 Å². The first-order valence-corrected chi connectivity index (χ1v) is 6.86. The molecule has 4 nitrogen and oxygen atoms in total. The molecule has 1 aromatic carbocycles.